The monoisotopic (exact) mass is 281 g/mol. The van der Waals surface area contributed by atoms with Crippen molar-refractivity contribution < 1.29 is 18.0 Å². The van der Waals surface area contributed by atoms with E-state index >= 15 is 0 Å². The third-order valence-electron chi connectivity index (χ3n) is 2.99. The van der Waals surface area contributed by atoms with Crippen molar-refractivity contribution in [2.24, 2.45) is 0 Å². The van der Waals surface area contributed by atoms with Crippen LogP contribution in [0.25, 0.3) is 0 Å². The molecule has 0 unspecified atom stereocenters. The molecule has 0 aromatic heterocycles. The van der Waals surface area contributed by atoms with Crippen LogP contribution in [0.5, 0.6) is 0 Å². The molecule has 1 amide bonds. The van der Waals surface area contributed by atoms with Crippen LogP contribution in [0.4, 0.5) is 13.2 Å². The summed E-state index contributed by atoms with van der Waals surface area (Å²) in [5.41, 5.74) is 0. The normalized spacial score (nSPS) is 17.6. The molecular formula is C12H22F3N3O. The van der Waals surface area contributed by atoms with E-state index in [1.54, 1.807) is 4.90 Å². The summed E-state index contributed by atoms with van der Waals surface area (Å²) in [4.78, 5) is 14.8. The van der Waals surface area contributed by atoms with Crippen LogP contribution in [0.2, 0.25) is 0 Å². The van der Waals surface area contributed by atoms with Gasteiger partial charge in [-0.2, -0.15) is 13.2 Å². The molecule has 1 saturated heterocycles. The molecule has 4 nitrogen and oxygen atoms in total. The van der Waals surface area contributed by atoms with E-state index in [1.165, 1.54) is 4.90 Å². The van der Waals surface area contributed by atoms with Crippen molar-refractivity contribution in [3.8, 4) is 0 Å². The molecule has 0 aliphatic carbocycles. The van der Waals surface area contributed by atoms with E-state index in [0.717, 1.165) is 13.0 Å². The Morgan fingerprint density at radius 1 is 1.32 bits per heavy atom. The number of amides is 1. The zero-order valence-electron chi connectivity index (χ0n) is 11.3. The Labute approximate surface area is 111 Å². The van der Waals surface area contributed by atoms with Gasteiger partial charge in [-0.1, -0.05) is 6.92 Å². The number of halogens is 3. The van der Waals surface area contributed by atoms with Crippen LogP contribution in [0.3, 0.4) is 0 Å². The van der Waals surface area contributed by atoms with Crippen LogP contribution < -0.4 is 5.32 Å². The summed E-state index contributed by atoms with van der Waals surface area (Å²) in [5, 5.41) is 3.16. The van der Waals surface area contributed by atoms with E-state index in [4.69, 9.17) is 0 Å². The lowest BCUT2D eigenvalue weighted by Crippen LogP contribution is -2.44. The summed E-state index contributed by atoms with van der Waals surface area (Å²) in [7, 11) is 0. The standard InChI is InChI=1S/C12H22F3N3O/c1-2-6-17(10-12(13,14)15)9-11(19)18-7-3-4-16-5-8-18/h16H,2-10H2,1H3. The number of hydrogen-bond acceptors (Lipinski definition) is 3. The molecule has 7 heteroatoms. The van der Waals surface area contributed by atoms with Gasteiger partial charge in [-0.15, -0.1) is 0 Å². The second kappa shape index (κ2) is 7.69. The minimum atomic E-state index is -4.25. The molecule has 0 spiro atoms. The van der Waals surface area contributed by atoms with E-state index in [-0.39, 0.29) is 19.0 Å². The molecule has 0 radical (unpaired) electrons. The molecule has 19 heavy (non-hydrogen) atoms. The summed E-state index contributed by atoms with van der Waals surface area (Å²) < 4.78 is 37.2. The first-order chi connectivity index (χ1) is 8.92. The van der Waals surface area contributed by atoms with Crippen molar-refractivity contribution in [1.82, 2.24) is 15.1 Å². The van der Waals surface area contributed by atoms with Crippen molar-refractivity contribution in [2.75, 3.05) is 45.8 Å². The van der Waals surface area contributed by atoms with Gasteiger partial charge in [0.25, 0.3) is 0 Å². The number of carbonyl (C=O) groups excluding carboxylic acids is 1. The van der Waals surface area contributed by atoms with Crippen molar-refractivity contribution in [3.63, 3.8) is 0 Å². The Morgan fingerprint density at radius 2 is 2.05 bits per heavy atom. The van der Waals surface area contributed by atoms with Crippen molar-refractivity contribution in [2.45, 2.75) is 25.9 Å². The minimum Gasteiger partial charge on any atom is -0.340 e. The van der Waals surface area contributed by atoms with Crippen LogP contribution in [-0.4, -0.2) is 67.7 Å². The molecule has 1 aliphatic heterocycles. The number of nitrogens with one attached hydrogen (secondary N) is 1. The Morgan fingerprint density at radius 3 is 2.68 bits per heavy atom. The molecule has 1 fully saturated rings. The Bertz CT molecular complexity index is 276. The van der Waals surface area contributed by atoms with Crippen molar-refractivity contribution in [1.29, 1.82) is 0 Å². The fourth-order valence-electron chi connectivity index (χ4n) is 2.17. The van der Waals surface area contributed by atoms with E-state index < -0.39 is 12.7 Å². The molecule has 1 N–H and O–H groups in total. The third kappa shape index (κ3) is 6.77. The first-order valence-electron chi connectivity index (χ1n) is 6.70. The molecule has 0 bridgehead atoms. The zero-order chi connectivity index (χ0) is 14.3. The molecular weight excluding hydrogens is 259 g/mol. The fourth-order valence-corrected chi connectivity index (χ4v) is 2.17. The first-order valence-corrected chi connectivity index (χ1v) is 6.70. The maximum absolute atomic E-state index is 12.4. The highest BCUT2D eigenvalue weighted by atomic mass is 19.4. The summed E-state index contributed by atoms with van der Waals surface area (Å²) in [6.45, 7) is 3.69. The molecule has 1 aliphatic rings. The topological polar surface area (TPSA) is 35.6 Å². The van der Waals surface area contributed by atoms with Crippen molar-refractivity contribution >= 4 is 5.91 Å². The molecule has 112 valence electrons. The smallest absolute Gasteiger partial charge is 0.340 e. The molecule has 0 aromatic carbocycles. The first kappa shape index (κ1) is 16.2. The highest BCUT2D eigenvalue weighted by Gasteiger charge is 2.31. The average molecular weight is 281 g/mol. The second-order valence-corrected chi connectivity index (χ2v) is 4.81. The lowest BCUT2D eigenvalue weighted by molar-refractivity contribution is -0.151. The SMILES string of the molecule is CCCN(CC(=O)N1CCCNCC1)CC(F)(F)F. The van der Waals surface area contributed by atoms with Gasteiger partial charge >= 0.3 is 6.18 Å². The number of alkyl halides is 3. The van der Waals surface area contributed by atoms with Gasteiger partial charge < -0.3 is 10.2 Å². The van der Waals surface area contributed by atoms with Gasteiger partial charge in [0.2, 0.25) is 5.91 Å². The Balaban J connectivity index is 2.49. The van der Waals surface area contributed by atoms with Gasteiger partial charge in [0.05, 0.1) is 13.1 Å². The van der Waals surface area contributed by atoms with E-state index in [1.807, 2.05) is 6.92 Å². The van der Waals surface area contributed by atoms with E-state index in [0.29, 0.717) is 26.1 Å². The summed E-state index contributed by atoms with van der Waals surface area (Å²) in [6.07, 6.45) is -2.81. The van der Waals surface area contributed by atoms with Gasteiger partial charge in [-0.05, 0) is 25.9 Å². The van der Waals surface area contributed by atoms with Crippen molar-refractivity contribution in [3.05, 3.63) is 0 Å². The van der Waals surface area contributed by atoms with Gasteiger partial charge in [0.1, 0.15) is 0 Å². The summed E-state index contributed by atoms with van der Waals surface area (Å²) in [5.74, 6) is -0.207. The highest BCUT2D eigenvalue weighted by molar-refractivity contribution is 5.78. The fraction of sp³-hybridized carbons (Fsp3) is 0.917. The van der Waals surface area contributed by atoms with Gasteiger partial charge in [0.15, 0.2) is 0 Å². The maximum Gasteiger partial charge on any atom is 0.401 e. The zero-order valence-corrected chi connectivity index (χ0v) is 11.3. The third-order valence-corrected chi connectivity index (χ3v) is 2.99. The highest BCUT2D eigenvalue weighted by Crippen LogP contribution is 2.16. The van der Waals surface area contributed by atoms with E-state index in [2.05, 4.69) is 5.32 Å². The predicted molar refractivity (Wildman–Crippen MR) is 66.9 cm³/mol. The molecule has 1 heterocycles. The number of rotatable bonds is 5. The minimum absolute atomic E-state index is 0.145. The molecule has 0 saturated carbocycles. The summed E-state index contributed by atoms with van der Waals surface area (Å²) >= 11 is 0. The van der Waals surface area contributed by atoms with E-state index in [9.17, 15) is 18.0 Å². The average Bonchev–Trinajstić information content (AvgIpc) is 2.55. The van der Waals surface area contributed by atoms with Crippen LogP contribution >= 0.6 is 0 Å². The van der Waals surface area contributed by atoms with Gasteiger partial charge in [0, 0.05) is 19.6 Å². The quantitative estimate of drug-likeness (QED) is 0.819. The number of nitrogens with zero attached hydrogens (tertiary/aromatic N) is 2. The maximum atomic E-state index is 12.4. The number of carbonyl (C=O) groups is 1. The second-order valence-electron chi connectivity index (χ2n) is 4.81. The Hall–Kier alpha value is -0.820. The Kier molecular flexibility index (Phi) is 6.57. The largest absolute Gasteiger partial charge is 0.401 e. The molecule has 0 atom stereocenters. The van der Waals surface area contributed by atoms with Gasteiger partial charge in [-0.25, -0.2) is 0 Å². The number of hydrogen-bond donors (Lipinski definition) is 1. The lowest BCUT2D eigenvalue weighted by atomic mass is 10.3. The molecule has 0 aromatic rings. The van der Waals surface area contributed by atoms with Crippen LogP contribution in [0.1, 0.15) is 19.8 Å². The molecule has 1 rings (SSSR count). The predicted octanol–water partition coefficient (Wildman–Crippen LogP) is 1.08. The lowest BCUT2D eigenvalue weighted by Gasteiger charge is -2.26. The summed E-state index contributed by atoms with van der Waals surface area (Å²) in [6, 6.07) is 0. The van der Waals surface area contributed by atoms with Crippen LogP contribution in [0.15, 0.2) is 0 Å². The van der Waals surface area contributed by atoms with Gasteiger partial charge in [-0.3, -0.25) is 9.69 Å². The van der Waals surface area contributed by atoms with Crippen LogP contribution in [-0.2, 0) is 4.79 Å². The van der Waals surface area contributed by atoms with Crippen LogP contribution in [0, 0.1) is 0 Å².